The number of halogens is 1. The molecule has 1 aliphatic heterocycles. The largest absolute Gasteiger partial charge is 0.494 e. The molecule has 2 N–H and O–H groups in total. The van der Waals surface area contributed by atoms with Gasteiger partial charge in [-0.2, -0.15) is 0 Å². The lowest BCUT2D eigenvalue weighted by Crippen LogP contribution is -2.52. The highest BCUT2D eigenvalue weighted by Crippen LogP contribution is 2.33. The molecule has 0 aromatic heterocycles. The first-order valence-corrected chi connectivity index (χ1v) is 15.1. The minimum absolute atomic E-state index is 0.0318. The first-order valence-electron chi connectivity index (χ1n) is 15.1. The van der Waals surface area contributed by atoms with E-state index in [0.29, 0.717) is 0 Å². The maximum atomic E-state index is 14.5. The van der Waals surface area contributed by atoms with Crippen LogP contribution in [0, 0.1) is 11.7 Å². The molecular weight excluding hydrogens is 589 g/mol. The van der Waals surface area contributed by atoms with Crippen LogP contribution in [0.15, 0.2) is 72.8 Å². The van der Waals surface area contributed by atoms with Crippen LogP contribution >= 0.6 is 0 Å². The van der Waals surface area contributed by atoms with E-state index in [9.17, 15) is 28.7 Å². The molecule has 1 aliphatic rings. The summed E-state index contributed by atoms with van der Waals surface area (Å²) in [5.41, 5.74) is 1.80. The summed E-state index contributed by atoms with van der Waals surface area (Å²) in [5, 5.41) is 12.2. The Morgan fingerprint density at radius 3 is 2.17 bits per heavy atom. The monoisotopic (exact) mass is 629 g/mol. The van der Waals surface area contributed by atoms with Crippen LogP contribution in [-0.4, -0.2) is 57.4 Å². The lowest BCUT2D eigenvalue weighted by molar-refractivity contribution is -0.140. The van der Waals surface area contributed by atoms with Gasteiger partial charge < -0.3 is 20.1 Å². The van der Waals surface area contributed by atoms with Crippen LogP contribution in [-0.2, 0) is 20.9 Å². The van der Waals surface area contributed by atoms with Crippen molar-refractivity contribution in [2.24, 2.45) is 5.92 Å². The van der Waals surface area contributed by atoms with E-state index in [1.165, 1.54) is 24.1 Å². The molecule has 0 saturated carbocycles. The zero-order valence-corrected chi connectivity index (χ0v) is 26.7. The van der Waals surface area contributed by atoms with Crippen molar-refractivity contribution in [2.75, 3.05) is 7.11 Å². The third kappa shape index (κ3) is 7.80. The number of carboxylic acids is 1. The second-order valence-corrected chi connectivity index (χ2v) is 12.3. The highest BCUT2D eigenvalue weighted by Gasteiger charge is 2.54. The molecule has 3 aromatic rings. The first kappa shape index (κ1) is 33.9. The third-order valence-corrected chi connectivity index (χ3v) is 8.02. The average Bonchev–Trinajstić information content (AvgIpc) is 3.18. The van der Waals surface area contributed by atoms with Crippen LogP contribution in [0.25, 0.3) is 12.2 Å². The fraction of sp³-hybridized carbons (Fsp3) is 0.333. The number of nitrogens with one attached hydrogen (secondary N) is 1. The smallest absolute Gasteiger partial charge is 0.328 e. The second kappa shape index (κ2) is 14.4. The molecule has 1 heterocycles. The molecule has 2 atom stereocenters. The molecule has 1 fully saturated rings. The predicted octanol–water partition coefficient (Wildman–Crippen LogP) is 6.29. The van der Waals surface area contributed by atoms with Gasteiger partial charge in [0, 0.05) is 6.54 Å². The maximum absolute atomic E-state index is 14.5. The van der Waals surface area contributed by atoms with E-state index < -0.39 is 53.7 Å². The summed E-state index contributed by atoms with van der Waals surface area (Å²) in [6.45, 7) is 7.13. The Balaban J connectivity index is 1.56. The van der Waals surface area contributed by atoms with Crippen LogP contribution in [0.3, 0.4) is 0 Å². The van der Waals surface area contributed by atoms with Crippen LogP contribution in [0.4, 0.5) is 9.18 Å². The number of rotatable bonds is 13. The van der Waals surface area contributed by atoms with Gasteiger partial charge in [-0.1, -0.05) is 86.7 Å². The number of aliphatic carboxylic acids is 1. The summed E-state index contributed by atoms with van der Waals surface area (Å²) in [5.74, 6) is -3.30. The quantitative estimate of drug-likeness (QED) is 0.170. The second-order valence-electron chi connectivity index (χ2n) is 12.3. The summed E-state index contributed by atoms with van der Waals surface area (Å²) in [6, 6.07) is 18.5. The Labute approximate surface area is 268 Å². The summed E-state index contributed by atoms with van der Waals surface area (Å²) >= 11 is 0. The Hall–Kier alpha value is -4.99. The van der Waals surface area contributed by atoms with Crippen LogP contribution < -0.4 is 10.1 Å². The fourth-order valence-electron chi connectivity index (χ4n) is 5.45. The number of imide groups is 1. The van der Waals surface area contributed by atoms with Crippen LogP contribution in [0.1, 0.15) is 68.8 Å². The third-order valence-electron chi connectivity index (χ3n) is 8.02. The van der Waals surface area contributed by atoms with Crippen molar-refractivity contribution < 1.29 is 33.4 Å². The number of carboxylic acid groups (broad SMARTS) is 1. The van der Waals surface area contributed by atoms with E-state index in [-0.39, 0.29) is 30.2 Å². The predicted molar refractivity (Wildman–Crippen MR) is 173 cm³/mol. The molecule has 3 aromatic carbocycles. The van der Waals surface area contributed by atoms with Crippen molar-refractivity contribution in [2.45, 2.75) is 64.7 Å². The zero-order valence-electron chi connectivity index (χ0n) is 26.7. The van der Waals surface area contributed by atoms with Crippen molar-refractivity contribution >= 4 is 36.0 Å². The van der Waals surface area contributed by atoms with Crippen LogP contribution in [0.2, 0.25) is 0 Å². The molecule has 242 valence electrons. The van der Waals surface area contributed by atoms with Crippen molar-refractivity contribution in [3.05, 3.63) is 101 Å². The topological polar surface area (TPSA) is 116 Å². The number of benzene rings is 3. The Morgan fingerprint density at radius 2 is 1.61 bits per heavy atom. The number of ether oxygens (including phenoxy) is 1. The molecular formula is C36H40FN3O6. The number of nitrogens with zero attached hydrogens (tertiary/aromatic N) is 2. The van der Waals surface area contributed by atoms with Gasteiger partial charge in [0.2, 0.25) is 5.91 Å². The van der Waals surface area contributed by atoms with Gasteiger partial charge in [-0.25, -0.2) is 14.1 Å². The van der Waals surface area contributed by atoms with Crippen molar-refractivity contribution in [3.63, 3.8) is 0 Å². The SMILES string of the molecule is COc1ccc(C(CC(=O)O)NC(=O)C(CC(C)C)N2C(=O)N(Cc3ccc(/C=C/c4ccccc4)cc3)C(C)(C)C2=O)cc1F. The van der Waals surface area contributed by atoms with E-state index in [0.717, 1.165) is 27.7 Å². The van der Waals surface area contributed by atoms with E-state index in [4.69, 9.17) is 4.74 Å². The van der Waals surface area contributed by atoms with Gasteiger partial charge in [0.05, 0.1) is 19.6 Å². The summed E-state index contributed by atoms with van der Waals surface area (Å²) in [7, 11) is 1.31. The molecule has 0 bridgehead atoms. The maximum Gasteiger partial charge on any atom is 0.328 e. The Bertz CT molecular complexity index is 1600. The Morgan fingerprint density at radius 1 is 0.978 bits per heavy atom. The lowest BCUT2D eigenvalue weighted by atomic mass is 9.97. The van der Waals surface area contributed by atoms with E-state index in [1.54, 1.807) is 13.8 Å². The van der Waals surface area contributed by atoms with Crippen molar-refractivity contribution in [3.8, 4) is 5.75 Å². The minimum Gasteiger partial charge on any atom is -0.494 e. The molecule has 0 radical (unpaired) electrons. The molecule has 4 rings (SSSR count). The van der Waals surface area contributed by atoms with E-state index >= 15 is 0 Å². The van der Waals surface area contributed by atoms with Gasteiger partial charge in [0.25, 0.3) is 5.91 Å². The number of methoxy groups -OCH3 is 1. The number of urea groups is 1. The normalized spacial score (nSPS) is 15.8. The number of hydrogen-bond donors (Lipinski definition) is 2. The van der Waals surface area contributed by atoms with Crippen LogP contribution in [0.5, 0.6) is 5.75 Å². The summed E-state index contributed by atoms with van der Waals surface area (Å²) in [6.07, 6.45) is 3.60. The lowest BCUT2D eigenvalue weighted by Gasteiger charge is -2.29. The van der Waals surface area contributed by atoms with Gasteiger partial charge in [-0.05, 0) is 60.6 Å². The van der Waals surface area contributed by atoms with E-state index in [1.807, 2.05) is 80.6 Å². The molecule has 1 saturated heterocycles. The molecule has 4 amide bonds. The minimum atomic E-state index is -1.25. The highest BCUT2D eigenvalue weighted by molar-refractivity contribution is 6.09. The molecule has 10 heteroatoms. The number of amides is 4. The van der Waals surface area contributed by atoms with Gasteiger partial charge >= 0.3 is 12.0 Å². The summed E-state index contributed by atoms with van der Waals surface area (Å²) < 4.78 is 19.5. The Kier molecular flexibility index (Phi) is 10.6. The molecule has 0 spiro atoms. The highest BCUT2D eigenvalue weighted by atomic mass is 19.1. The van der Waals surface area contributed by atoms with Gasteiger partial charge in [-0.15, -0.1) is 0 Å². The van der Waals surface area contributed by atoms with Gasteiger partial charge in [0.1, 0.15) is 11.6 Å². The fourth-order valence-corrected chi connectivity index (χ4v) is 5.45. The number of carbonyl (C=O) groups excluding carboxylic acids is 3. The number of hydrogen-bond acceptors (Lipinski definition) is 5. The van der Waals surface area contributed by atoms with Crippen molar-refractivity contribution in [1.29, 1.82) is 0 Å². The molecule has 2 unspecified atom stereocenters. The standard InChI is InChI=1S/C36H40FN3O6/c1-23(2)19-30(33(43)38-29(21-32(41)42)27-17-18-31(46-5)28(37)20-27)40-34(44)36(3,4)39(35(40)45)22-26-15-13-25(14-16-26)12-11-24-9-7-6-8-10-24/h6-18,20,23,29-30H,19,21-22H2,1-5H3,(H,38,43)(H,41,42)/b12-11+. The van der Waals surface area contributed by atoms with E-state index in [2.05, 4.69) is 5.32 Å². The summed E-state index contributed by atoms with van der Waals surface area (Å²) in [4.78, 5) is 55.7. The molecule has 0 aliphatic carbocycles. The molecule has 46 heavy (non-hydrogen) atoms. The molecule has 9 nitrogen and oxygen atoms in total. The average molecular weight is 630 g/mol. The van der Waals surface area contributed by atoms with Gasteiger partial charge in [0.15, 0.2) is 11.6 Å². The first-order chi connectivity index (χ1) is 21.8. The van der Waals surface area contributed by atoms with Gasteiger partial charge in [-0.3, -0.25) is 14.4 Å². The van der Waals surface area contributed by atoms with Crippen molar-refractivity contribution in [1.82, 2.24) is 15.1 Å². The number of carbonyl (C=O) groups is 4. The zero-order chi connectivity index (χ0) is 33.6.